The molecule has 23 heavy (non-hydrogen) atoms. The van der Waals surface area contributed by atoms with Crippen LogP contribution in [-0.2, 0) is 0 Å². The van der Waals surface area contributed by atoms with Crippen molar-refractivity contribution in [3.8, 4) is 5.75 Å². The first-order valence-corrected chi connectivity index (χ1v) is 6.93. The molecule has 0 bridgehead atoms. The number of hydrogen-bond donors (Lipinski definition) is 2. The number of rotatable bonds is 6. The normalized spacial score (nSPS) is 10.8. The fourth-order valence-electron chi connectivity index (χ4n) is 1.79. The van der Waals surface area contributed by atoms with Crippen molar-refractivity contribution in [2.45, 2.75) is 6.92 Å². The number of carbonyl (C=O) groups excluding carboxylic acids is 2. The van der Waals surface area contributed by atoms with Crippen molar-refractivity contribution < 1.29 is 14.3 Å². The van der Waals surface area contributed by atoms with Crippen molar-refractivity contribution in [1.82, 2.24) is 15.8 Å². The molecule has 118 valence electrons. The first-order valence-electron chi connectivity index (χ1n) is 6.93. The van der Waals surface area contributed by atoms with E-state index in [1.807, 2.05) is 0 Å². The number of nitrogens with one attached hydrogen (secondary N) is 2. The van der Waals surface area contributed by atoms with E-state index in [9.17, 15) is 9.59 Å². The van der Waals surface area contributed by atoms with Gasteiger partial charge in [0.15, 0.2) is 5.78 Å². The van der Waals surface area contributed by atoms with Gasteiger partial charge in [0.2, 0.25) is 0 Å². The molecule has 0 radical (unpaired) electrons. The Kier molecular flexibility index (Phi) is 5.46. The Labute approximate surface area is 134 Å². The maximum absolute atomic E-state index is 12.0. The molecule has 6 nitrogen and oxygen atoms in total. The lowest BCUT2D eigenvalue weighted by atomic mass is 10.2. The average molecular weight is 311 g/mol. The highest BCUT2D eigenvalue weighted by Gasteiger charge is 2.06. The van der Waals surface area contributed by atoms with Gasteiger partial charge in [0, 0.05) is 35.3 Å². The van der Waals surface area contributed by atoms with Gasteiger partial charge in [-0.2, -0.15) is 0 Å². The van der Waals surface area contributed by atoms with Crippen LogP contribution in [0.4, 0.5) is 0 Å². The molecule has 0 fully saturated rings. The Hall–Kier alpha value is -3.15. The van der Waals surface area contributed by atoms with E-state index < -0.39 is 0 Å². The van der Waals surface area contributed by atoms with E-state index in [0.29, 0.717) is 22.6 Å². The lowest BCUT2D eigenvalue weighted by Crippen LogP contribution is -2.36. The summed E-state index contributed by atoms with van der Waals surface area (Å²) in [6, 6.07) is 10.1. The number of ether oxygens (including phenoxy) is 1. The highest BCUT2D eigenvalue weighted by molar-refractivity contribution is 6.04. The van der Waals surface area contributed by atoms with Crippen LogP contribution in [-0.4, -0.2) is 23.8 Å². The van der Waals surface area contributed by atoms with Gasteiger partial charge in [0.05, 0.1) is 7.11 Å². The summed E-state index contributed by atoms with van der Waals surface area (Å²) < 4.78 is 5.03. The number of hydrogen-bond acceptors (Lipinski definition) is 5. The SMILES string of the molecule is COc1ccc(C(=O)NN/C(C)=C/C(=O)c2cccnc2)cc1. The third-order valence-electron chi connectivity index (χ3n) is 3.02. The zero-order chi connectivity index (χ0) is 16.7. The minimum absolute atomic E-state index is 0.193. The summed E-state index contributed by atoms with van der Waals surface area (Å²) in [4.78, 5) is 27.8. The number of benzene rings is 1. The Morgan fingerprint density at radius 1 is 1.09 bits per heavy atom. The van der Waals surface area contributed by atoms with E-state index in [-0.39, 0.29) is 11.7 Å². The van der Waals surface area contributed by atoms with Crippen molar-refractivity contribution in [2.75, 3.05) is 7.11 Å². The highest BCUT2D eigenvalue weighted by atomic mass is 16.5. The monoisotopic (exact) mass is 311 g/mol. The van der Waals surface area contributed by atoms with Gasteiger partial charge in [-0.3, -0.25) is 20.0 Å². The Morgan fingerprint density at radius 2 is 1.83 bits per heavy atom. The topological polar surface area (TPSA) is 80.3 Å². The van der Waals surface area contributed by atoms with Crippen LogP contribution in [0.25, 0.3) is 0 Å². The maximum Gasteiger partial charge on any atom is 0.269 e. The van der Waals surface area contributed by atoms with E-state index in [1.54, 1.807) is 56.6 Å². The largest absolute Gasteiger partial charge is 0.497 e. The maximum atomic E-state index is 12.0. The van der Waals surface area contributed by atoms with Crippen LogP contribution in [0, 0.1) is 0 Å². The van der Waals surface area contributed by atoms with Gasteiger partial charge in [-0.15, -0.1) is 0 Å². The zero-order valence-electron chi connectivity index (χ0n) is 12.9. The predicted octanol–water partition coefficient (Wildman–Crippen LogP) is 2.11. The van der Waals surface area contributed by atoms with E-state index in [4.69, 9.17) is 4.74 Å². The van der Waals surface area contributed by atoms with E-state index in [0.717, 1.165) is 0 Å². The first-order chi connectivity index (χ1) is 11.1. The molecule has 0 aliphatic carbocycles. The summed E-state index contributed by atoms with van der Waals surface area (Å²) in [5.74, 6) is 0.170. The zero-order valence-corrected chi connectivity index (χ0v) is 12.9. The molecule has 1 aromatic carbocycles. The molecule has 2 aromatic rings. The fourth-order valence-corrected chi connectivity index (χ4v) is 1.79. The molecule has 0 aliphatic heterocycles. The van der Waals surface area contributed by atoms with Crippen LogP contribution in [0.15, 0.2) is 60.6 Å². The average Bonchev–Trinajstić information content (AvgIpc) is 2.60. The number of ketones is 1. The minimum atomic E-state index is -0.311. The minimum Gasteiger partial charge on any atom is -0.497 e. The van der Waals surface area contributed by atoms with Crippen molar-refractivity contribution >= 4 is 11.7 Å². The van der Waals surface area contributed by atoms with E-state index >= 15 is 0 Å². The number of carbonyl (C=O) groups is 2. The molecular weight excluding hydrogens is 294 g/mol. The third kappa shape index (κ3) is 4.67. The first kappa shape index (κ1) is 16.2. The third-order valence-corrected chi connectivity index (χ3v) is 3.02. The summed E-state index contributed by atoms with van der Waals surface area (Å²) in [5.41, 5.74) is 6.70. The molecule has 0 aliphatic rings. The Morgan fingerprint density at radius 3 is 2.43 bits per heavy atom. The molecule has 0 saturated heterocycles. The van der Waals surface area contributed by atoms with Gasteiger partial charge < -0.3 is 10.2 Å². The van der Waals surface area contributed by atoms with Crippen LogP contribution in [0.1, 0.15) is 27.6 Å². The standard InChI is InChI=1S/C17H17N3O3/c1-12(10-16(21)14-4-3-9-18-11-14)19-20-17(22)13-5-7-15(23-2)8-6-13/h3-11,19H,1-2H3,(H,20,22)/b12-10+. The smallest absolute Gasteiger partial charge is 0.269 e. The number of aromatic nitrogens is 1. The van der Waals surface area contributed by atoms with Crippen LogP contribution in [0.2, 0.25) is 0 Å². The molecule has 0 unspecified atom stereocenters. The summed E-state index contributed by atoms with van der Waals surface area (Å²) in [6.07, 6.45) is 4.48. The second-order valence-electron chi connectivity index (χ2n) is 4.74. The molecule has 2 N–H and O–H groups in total. The molecule has 1 aromatic heterocycles. The van der Waals surface area contributed by atoms with Gasteiger partial charge in [-0.1, -0.05) is 0 Å². The van der Waals surface area contributed by atoms with E-state index in [1.165, 1.54) is 12.3 Å². The number of hydrazine groups is 1. The van der Waals surface area contributed by atoms with Crippen LogP contribution in [0.3, 0.4) is 0 Å². The molecule has 2 rings (SSSR count). The van der Waals surface area contributed by atoms with Crippen LogP contribution in [0.5, 0.6) is 5.75 Å². The van der Waals surface area contributed by atoms with Crippen molar-refractivity contribution in [3.05, 3.63) is 71.7 Å². The summed E-state index contributed by atoms with van der Waals surface area (Å²) in [7, 11) is 1.56. The molecule has 0 saturated carbocycles. The highest BCUT2D eigenvalue weighted by Crippen LogP contribution is 2.10. The second kappa shape index (κ2) is 7.74. The van der Waals surface area contributed by atoms with Gasteiger partial charge in [0.1, 0.15) is 5.75 Å². The van der Waals surface area contributed by atoms with Gasteiger partial charge in [-0.05, 0) is 43.3 Å². The molecule has 6 heteroatoms. The molecule has 1 heterocycles. The quantitative estimate of drug-likeness (QED) is 0.485. The predicted molar refractivity (Wildman–Crippen MR) is 85.9 cm³/mol. The lowest BCUT2D eigenvalue weighted by Gasteiger charge is -2.09. The summed E-state index contributed by atoms with van der Waals surface area (Å²) in [5, 5.41) is 0. The lowest BCUT2D eigenvalue weighted by molar-refractivity contribution is 0.0936. The number of pyridine rings is 1. The van der Waals surface area contributed by atoms with E-state index in [2.05, 4.69) is 15.8 Å². The number of allylic oxidation sites excluding steroid dienone is 2. The second-order valence-corrected chi connectivity index (χ2v) is 4.74. The van der Waals surface area contributed by atoms with Crippen molar-refractivity contribution in [2.24, 2.45) is 0 Å². The summed E-state index contributed by atoms with van der Waals surface area (Å²) in [6.45, 7) is 1.68. The van der Waals surface area contributed by atoms with Crippen LogP contribution < -0.4 is 15.6 Å². The van der Waals surface area contributed by atoms with Gasteiger partial charge in [0.25, 0.3) is 5.91 Å². The molecule has 0 atom stereocenters. The number of methoxy groups -OCH3 is 1. The van der Waals surface area contributed by atoms with Gasteiger partial charge in [-0.25, -0.2) is 0 Å². The summed E-state index contributed by atoms with van der Waals surface area (Å²) >= 11 is 0. The molecule has 0 spiro atoms. The number of nitrogens with zero attached hydrogens (tertiary/aromatic N) is 1. The van der Waals surface area contributed by atoms with Gasteiger partial charge >= 0.3 is 0 Å². The molecule has 1 amide bonds. The van der Waals surface area contributed by atoms with Crippen molar-refractivity contribution in [1.29, 1.82) is 0 Å². The Balaban J connectivity index is 1.92. The van der Waals surface area contributed by atoms with Crippen molar-refractivity contribution in [3.63, 3.8) is 0 Å². The van der Waals surface area contributed by atoms with Crippen LogP contribution >= 0.6 is 0 Å². The number of amides is 1. The fraction of sp³-hybridized carbons (Fsp3) is 0.118. The molecular formula is C17H17N3O3. The Bertz CT molecular complexity index is 710.